The molecule has 55 heavy (non-hydrogen) atoms. The second-order valence-corrected chi connectivity index (χ2v) is 15.0. The van der Waals surface area contributed by atoms with E-state index >= 15 is 0 Å². The molecule has 0 nitrogen and oxygen atoms in total. The Bertz CT molecular complexity index is 2250. The SMILES string of the molecule is Cc1cc(C)c(CC#Cc2ccccc2)c(B(c2c(C)c(C)cc(C)c2CC#Cc2ccccc2)c2c(C)c(C)cc(C)c2CC#Cc2ccccc2)c1C. The molecule has 6 aromatic rings. The quantitative estimate of drug-likeness (QED) is 0.119. The van der Waals surface area contributed by atoms with Crippen molar-refractivity contribution in [1.29, 1.82) is 0 Å². The standard InChI is InChI=1S/C54H51B/c1-37-34-40(4)49(31-19-28-46-22-13-10-14-23-46)52(43(37)7)55(53-44(8)38(2)35-41(5)50(53)32-20-29-47-24-15-11-16-25-47)54-45(9)39(3)36-42(6)51(54)33-21-30-48-26-17-12-18-27-48/h10-18,22-27,34-36H,31-33H2,1-9H3. The maximum Gasteiger partial charge on any atom is 0.243 e. The van der Waals surface area contributed by atoms with Crippen LogP contribution in [0.2, 0.25) is 0 Å². The summed E-state index contributed by atoms with van der Waals surface area (Å²) in [5.41, 5.74) is 22.9. The number of benzene rings is 6. The zero-order valence-electron chi connectivity index (χ0n) is 34.1. The summed E-state index contributed by atoms with van der Waals surface area (Å²) in [5, 5.41) is 0. The van der Waals surface area contributed by atoms with Gasteiger partial charge in [-0.3, -0.25) is 0 Å². The highest BCUT2D eigenvalue weighted by atomic mass is 14.2. The van der Waals surface area contributed by atoms with Crippen LogP contribution >= 0.6 is 0 Å². The monoisotopic (exact) mass is 710 g/mol. The van der Waals surface area contributed by atoms with Crippen LogP contribution in [0, 0.1) is 97.8 Å². The van der Waals surface area contributed by atoms with Crippen molar-refractivity contribution in [3.63, 3.8) is 0 Å². The van der Waals surface area contributed by atoms with Gasteiger partial charge in [0, 0.05) is 36.0 Å². The Hall–Kier alpha value is -5.94. The fraction of sp³-hybridized carbons (Fsp3) is 0.222. The summed E-state index contributed by atoms with van der Waals surface area (Å²) in [6.07, 6.45) is 1.98. The predicted molar refractivity (Wildman–Crippen MR) is 238 cm³/mol. The average molecular weight is 711 g/mol. The number of hydrogen-bond donors (Lipinski definition) is 0. The van der Waals surface area contributed by atoms with Crippen LogP contribution < -0.4 is 16.4 Å². The third kappa shape index (κ3) is 8.73. The van der Waals surface area contributed by atoms with Gasteiger partial charge in [-0.05, 0) is 149 Å². The minimum Gasteiger partial charge on any atom is -0.0931 e. The summed E-state index contributed by atoms with van der Waals surface area (Å²) in [7, 11) is 0. The van der Waals surface area contributed by atoms with Gasteiger partial charge in [0.1, 0.15) is 0 Å². The first-order valence-electron chi connectivity index (χ1n) is 19.5. The Kier molecular flexibility index (Phi) is 12.3. The van der Waals surface area contributed by atoms with Gasteiger partial charge in [0.2, 0.25) is 6.71 Å². The predicted octanol–water partition coefficient (Wildman–Crippen LogP) is 9.76. The van der Waals surface area contributed by atoms with E-state index in [9.17, 15) is 0 Å². The highest BCUT2D eigenvalue weighted by molar-refractivity contribution is 6.97. The first-order valence-corrected chi connectivity index (χ1v) is 19.5. The molecule has 0 spiro atoms. The lowest BCUT2D eigenvalue weighted by molar-refractivity contribution is 1.19. The zero-order valence-corrected chi connectivity index (χ0v) is 34.1. The Morgan fingerprint density at radius 1 is 0.345 bits per heavy atom. The third-order valence-corrected chi connectivity index (χ3v) is 11.4. The molecule has 0 aliphatic heterocycles. The van der Waals surface area contributed by atoms with Crippen LogP contribution in [-0.2, 0) is 19.3 Å². The van der Waals surface area contributed by atoms with E-state index in [4.69, 9.17) is 0 Å². The number of rotatable bonds is 6. The van der Waals surface area contributed by atoms with Gasteiger partial charge in [-0.1, -0.05) is 141 Å². The minimum absolute atomic E-state index is 0.0497. The molecular weight excluding hydrogens is 659 g/mol. The molecule has 0 fully saturated rings. The van der Waals surface area contributed by atoms with Crippen molar-refractivity contribution >= 4 is 23.1 Å². The molecule has 0 bridgehead atoms. The normalized spacial score (nSPS) is 10.4. The molecule has 6 rings (SSSR count). The summed E-state index contributed by atoms with van der Waals surface area (Å²) in [4.78, 5) is 0. The van der Waals surface area contributed by atoms with Crippen molar-refractivity contribution in [2.45, 2.75) is 81.6 Å². The van der Waals surface area contributed by atoms with Crippen LogP contribution in [0.25, 0.3) is 0 Å². The molecule has 0 N–H and O–H groups in total. The lowest BCUT2D eigenvalue weighted by Gasteiger charge is -2.31. The van der Waals surface area contributed by atoms with Gasteiger partial charge in [0.25, 0.3) is 0 Å². The summed E-state index contributed by atoms with van der Waals surface area (Å²) >= 11 is 0. The van der Waals surface area contributed by atoms with E-state index in [1.165, 1.54) is 83.1 Å². The van der Waals surface area contributed by atoms with Crippen LogP contribution in [0.4, 0.5) is 0 Å². The van der Waals surface area contributed by atoms with E-state index in [1.807, 2.05) is 18.2 Å². The fourth-order valence-corrected chi connectivity index (χ4v) is 8.09. The van der Waals surface area contributed by atoms with Crippen LogP contribution in [0.15, 0.2) is 109 Å². The van der Waals surface area contributed by atoms with Crippen LogP contribution in [0.1, 0.15) is 83.5 Å². The van der Waals surface area contributed by atoms with E-state index in [-0.39, 0.29) is 6.71 Å². The molecule has 0 heterocycles. The van der Waals surface area contributed by atoms with Crippen LogP contribution in [0.3, 0.4) is 0 Å². The van der Waals surface area contributed by atoms with Gasteiger partial charge < -0.3 is 0 Å². The van der Waals surface area contributed by atoms with Crippen molar-refractivity contribution < 1.29 is 0 Å². The highest BCUT2D eigenvalue weighted by Gasteiger charge is 2.35. The Morgan fingerprint density at radius 3 is 0.855 bits per heavy atom. The van der Waals surface area contributed by atoms with Crippen molar-refractivity contribution in [3.05, 3.63) is 193 Å². The summed E-state index contributed by atoms with van der Waals surface area (Å²) in [6, 6.07) is 38.1. The van der Waals surface area contributed by atoms with Gasteiger partial charge >= 0.3 is 0 Å². The first kappa shape index (κ1) is 38.8. The maximum absolute atomic E-state index is 3.62. The lowest BCUT2D eigenvalue weighted by atomic mass is 9.32. The topological polar surface area (TPSA) is 0 Å². The van der Waals surface area contributed by atoms with E-state index in [1.54, 1.807) is 0 Å². The highest BCUT2D eigenvalue weighted by Crippen LogP contribution is 2.24. The average Bonchev–Trinajstić information content (AvgIpc) is 3.18. The van der Waals surface area contributed by atoms with E-state index < -0.39 is 0 Å². The molecule has 0 saturated heterocycles. The molecule has 1 heteroatoms. The van der Waals surface area contributed by atoms with Crippen LogP contribution in [0.5, 0.6) is 0 Å². The largest absolute Gasteiger partial charge is 0.243 e. The van der Waals surface area contributed by atoms with E-state index in [0.717, 1.165) is 16.7 Å². The number of hydrogen-bond acceptors (Lipinski definition) is 0. The molecule has 0 atom stereocenters. The fourth-order valence-electron chi connectivity index (χ4n) is 8.09. The van der Waals surface area contributed by atoms with Crippen LogP contribution in [-0.4, -0.2) is 6.71 Å². The second-order valence-electron chi connectivity index (χ2n) is 15.0. The first-order chi connectivity index (χ1) is 26.5. The van der Waals surface area contributed by atoms with Gasteiger partial charge in [-0.15, -0.1) is 0 Å². The number of aryl methyl sites for hydroxylation is 6. The van der Waals surface area contributed by atoms with Crippen molar-refractivity contribution in [2.24, 2.45) is 0 Å². The Morgan fingerprint density at radius 2 is 0.600 bits per heavy atom. The van der Waals surface area contributed by atoms with E-state index in [2.05, 4.69) is 189 Å². The Labute approximate surface area is 331 Å². The van der Waals surface area contributed by atoms with Crippen molar-refractivity contribution in [1.82, 2.24) is 0 Å². The maximum atomic E-state index is 3.62. The molecule has 0 aromatic heterocycles. The summed E-state index contributed by atoms with van der Waals surface area (Å²) in [5.74, 6) is 21.3. The molecule has 0 saturated carbocycles. The third-order valence-electron chi connectivity index (χ3n) is 11.4. The molecule has 270 valence electrons. The zero-order chi connectivity index (χ0) is 39.1. The molecule has 6 aromatic carbocycles. The molecule has 0 amide bonds. The molecule has 0 aliphatic rings. The molecule has 0 radical (unpaired) electrons. The van der Waals surface area contributed by atoms with Crippen molar-refractivity contribution in [3.8, 4) is 35.5 Å². The smallest absolute Gasteiger partial charge is 0.0931 e. The molecule has 0 aliphatic carbocycles. The van der Waals surface area contributed by atoms with Gasteiger partial charge in [-0.2, -0.15) is 0 Å². The summed E-state index contributed by atoms with van der Waals surface area (Å²) in [6.45, 7) is 20.5. The van der Waals surface area contributed by atoms with Gasteiger partial charge in [-0.25, -0.2) is 0 Å². The van der Waals surface area contributed by atoms with E-state index in [0.29, 0.717) is 19.3 Å². The van der Waals surface area contributed by atoms with Crippen molar-refractivity contribution in [2.75, 3.05) is 0 Å². The lowest BCUT2D eigenvalue weighted by Crippen LogP contribution is -2.59. The Balaban J connectivity index is 1.68. The summed E-state index contributed by atoms with van der Waals surface area (Å²) < 4.78 is 0. The van der Waals surface area contributed by atoms with Gasteiger partial charge in [0.05, 0.1) is 0 Å². The minimum atomic E-state index is -0.0497. The second kappa shape index (κ2) is 17.5. The van der Waals surface area contributed by atoms with Gasteiger partial charge in [0.15, 0.2) is 0 Å². The molecular formula is C54H51B. The molecule has 0 unspecified atom stereocenters.